The normalized spacial score (nSPS) is 26.5. The van der Waals surface area contributed by atoms with E-state index in [-0.39, 0.29) is 11.9 Å². The number of ether oxygens (including phenoxy) is 2. The maximum Gasteiger partial charge on any atom is 0.224 e. The molecule has 1 N–H and O–H groups in total. The lowest BCUT2D eigenvalue weighted by molar-refractivity contribution is -0.123. The van der Waals surface area contributed by atoms with Crippen LogP contribution in [0.2, 0.25) is 0 Å². The zero-order chi connectivity index (χ0) is 15.2. The third-order valence-electron chi connectivity index (χ3n) is 4.71. The van der Waals surface area contributed by atoms with E-state index >= 15 is 0 Å². The lowest BCUT2D eigenvalue weighted by atomic mass is 9.79. The molecule has 5 heteroatoms. The average Bonchev–Trinajstić information content (AvgIpc) is 2.57. The van der Waals surface area contributed by atoms with E-state index in [1.54, 1.807) is 12.4 Å². The number of hydrogen-bond acceptors (Lipinski definition) is 4. The molecule has 0 saturated carbocycles. The molecule has 0 bridgehead atoms. The highest BCUT2D eigenvalue weighted by Crippen LogP contribution is 2.30. The SMILES string of the molecule is O=C(Cc1cccnc1)N[C@H]1CCOC[C@H]1C1CCOCC1. The van der Waals surface area contributed by atoms with Crippen molar-refractivity contribution in [3.63, 3.8) is 0 Å². The first-order chi connectivity index (χ1) is 10.8. The number of nitrogens with one attached hydrogen (secondary N) is 1. The maximum atomic E-state index is 12.3. The average molecular weight is 304 g/mol. The first-order valence-electron chi connectivity index (χ1n) is 8.16. The summed E-state index contributed by atoms with van der Waals surface area (Å²) in [5.41, 5.74) is 0.953. The Bertz CT molecular complexity index is 474. The number of hydrogen-bond donors (Lipinski definition) is 1. The fourth-order valence-corrected chi connectivity index (χ4v) is 3.49. The molecular formula is C17H24N2O3. The lowest BCUT2D eigenvalue weighted by Gasteiger charge is -2.39. The summed E-state index contributed by atoms with van der Waals surface area (Å²) in [5, 5.41) is 3.23. The van der Waals surface area contributed by atoms with E-state index in [1.165, 1.54) is 0 Å². The van der Waals surface area contributed by atoms with Crippen molar-refractivity contribution < 1.29 is 14.3 Å². The second-order valence-corrected chi connectivity index (χ2v) is 6.19. The number of carbonyl (C=O) groups is 1. The van der Waals surface area contributed by atoms with Crippen LogP contribution in [0.5, 0.6) is 0 Å². The van der Waals surface area contributed by atoms with Gasteiger partial charge in [0.25, 0.3) is 0 Å². The van der Waals surface area contributed by atoms with E-state index in [1.807, 2.05) is 12.1 Å². The summed E-state index contributed by atoms with van der Waals surface area (Å²) < 4.78 is 11.1. The minimum atomic E-state index is 0.0805. The minimum Gasteiger partial charge on any atom is -0.381 e. The van der Waals surface area contributed by atoms with Crippen molar-refractivity contribution in [3.8, 4) is 0 Å². The highest BCUT2D eigenvalue weighted by molar-refractivity contribution is 5.78. The van der Waals surface area contributed by atoms with Crippen molar-refractivity contribution in [1.82, 2.24) is 10.3 Å². The van der Waals surface area contributed by atoms with Gasteiger partial charge in [0.1, 0.15) is 0 Å². The number of pyridine rings is 1. The molecule has 5 nitrogen and oxygen atoms in total. The first kappa shape index (κ1) is 15.4. The van der Waals surface area contributed by atoms with Gasteiger partial charge < -0.3 is 14.8 Å². The summed E-state index contributed by atoms with van der Waals surface area (Å²) >= 11 is 0. The third kappa shape index (κ3) is 4.05. The van der Waals surface area contributed by atoms with Crippen molar-refractivity contribution >= 4 is 5.91 Å². The monoisotopic (exact) mass is 304 g/mol. The Labute approximate surface area is 131 Å². The highest BCUT2D eigenvalue weighted by atomic mass is 16.5. The van der Waals surface area contributed by atoms with Gasteiger partial charge in [-0.25, -0.2) is 0 Å². The summed E-state index contributed by atoms with van der Waals surface area (Å²) in [6, 6.07) is 4.02. The van der Waals surface area contributed by atoms with Crippen LogP contribution in [0.3, 0.4) is 0 Å². The van der Waals surface area contributed by atoms with Crippen LogP contribution in [-0.2, 0) is 20.7 Å². The predicted octanol–water partition coefficient (Wildman–Crippen LogP) is 1.57. The molecule has 3 rings (SSSR count). The Hall–Kier alpha value is -1.46. The maximum absolute atomic E-state index is 12.3. The van der Waals surface area contributed by atoms with Crippen LogP contribution < -0.4 is 5.32 Å². The minimum absolute atomic E-state index is 0.0805. The molecular weight excluding hydrogens is 280 g/mol. The van der Waals surface area contributed by atoms with E-state index in [4.69, 9.17) is 9.47 Å². The van der Waals surface area contributed by atoms with Crippen molar-refractivity contribution in [2.24, 2.45) is 11.8 Å². The Morgan fingerprint density at radius 1 is 1.23 bits per heavy atom. The fourth-order valence-electron chi connectivity index (χ4n) is 3.49. The first-order valence-corrected chi connectivity index (χ1v) is 8.16. The van der Waals surface area contributed by atoms with Crippen molar-refractivity contribution in [1.29, 1.82) is 0 Å². The van der Waals surface area contributed by atoms with Gasteiger partial charge in [0.15, 0.2) is 0 Å². The molecule has 1 aromatic rings. The van der Waals surface area contributed by atoms with E-state index in [9.17, 15) is 4.79 Å². The van der Waals surface area contributed by atoms with Gasteiger partial charge in [0.2, 0.25) is 5.91 Å². The third-order valence-corrected chi connectivity index (χ3v) is 4.71. The van der Waals surface area contributed by atoms with Gasteiger partial charge in [0, 0.05) is 44.2 Å². The van der Waals surface area contributed by atoms with Crippen LogP contribution in [-0.4, -0.2) is 43.4 Å². The number of nitrogens with zero attached hydrogens (tertiary/aromatic N) is 1. The molecule has 3 heterocycles. The number of aromatic nitrogens is 1. The van der Waals surface area contributed by atoms with Crippen LogP contribution in [0, 0.1) is 11.8 Å². The smallest absolute Gasteiger partial charge is 0.224 e. The summed E-state index contributed by atoms with van der Waals surface area (Å²) in [6.45, 7) is 3.15. The zero-order valence-corrected chi connectivity index (χ0v) is 12.9. The molecule has 0 aliphatic carbocycles. The molecule has 2 aliphatic rings. The van der Waals surface area contributed by atoms with E-state index in [0.717, 1.165) is 51.3 Å². The summed E-state index contributed by atoms with van der Waals surface area (Å²) in [5.74, 6) is 1.09. The van der Waals surface area contributed by atoms with E-state index in [2.05, 4.69) is 10.3 Å². The highest BCUT2D eigenvalue weighted by Gasteiger charge is 2.34. The molecule has 120 valence electrons. The van der Waals surface area contributed by atoms with Gasteiger partial charge in [-0.2, -0.15) is 0 Å². The Morgan fingerprint density at radius 3 is 2.82 bits per heavy atom. The molecule has 0 unspecified atom stereocenters. The zero-order valence-electron chi connectivity index (χ0n) is 12.9. The molecule has 1 amide bonds. The Kier molecular flexibility index (Phi) is 5.40. The van der Waals surface area contributed by atoms with Crippen LogP contribution in [0.1, 0.15) is 24.8 Å². The molecule has 2 saturated heterocycles. The van der Waals surface area contributed by atoms with Crippen molar-refractivity contribution in [2.75, 3.05) is 26.4 Å². The molecule has 2 atom stereocenters. The molecule has 0 radical (unpaired) electrons. The van der Waals surface area contributed by atoms with Gasteiger partial charge in [-0.1, -0.05) is 6.07 Å². The van der Waals surface area contributed by atoms with Crippen LogP contribution in [0.25, 0.3) is 0 Å². The fraction of sp³-hybridized carbons (Fsp3) is 0.647. The summed E-state index contributed by atoms with van der Waals surface area (Å²) in [4.78, 5) is 16.4. The second-order valence-electron chi connectivity index (χ2n) is 6.19. The lowest BCUT2D eigenvalue weighted by Crippen LogP contribution is -2.49. The number of amides is 1. The predicted molar refractivity (Wildman–Crippen MR) is 82.3 cm³/mol. The Morgan fingerprint density at radius 2 is 2.05 bits per heavy atom. The van der Waals surface area contributed by atoms with E-state index in [0.29, 0.717) is 18.3 Å². The topological polar surface area (TPSA) is 60.5 Å². The molecule has 22 heavy (non-hydrogen) atoms. The molecule has 0 spiro atoms. The van der Waals surface area contributed by atoms with Crippen molar-refractivity contribution in [2.45, 2.75) is 31.7 Å². The number of carbonyl (C=O) groups excluding carboxylic acids is 1. The van der Waals surface area contributed by atoms with Crippen LogP contribution in [0.4, 0.5) is 0 Å². The quantitative estimate of drug-likeness (QED) is 0.917. The molecule has 2 aliphatic heterocycles. The molecule has 1 aromatic heterocycles. The summed E-state index contributed by atoms with van der Waals surface area (Å²) in [7, 11) is 0. The van der Waals surface area contributed by atoms with E-state index < -0.39 is 0 Å². The number of rotatable bonds is 4. The van der Waals surface area contributed by atoms with Gasteiger partial charge in [-0.05, 0) is 36.8 Å². The second kappa shape index (κ2) is 7.70. The standard InChI is InChI=1S/C17H24N2O3/c20-17(10-13-2-1-6-18-11-13)19-16-5-9-22-12-15(16)14-3-7-21-8-4-14/h1-2,6,11,14-16H,3-5,7-10,12H2,(H,19,20)/t15-,16-/m0/s1. The van der Waals surface area contributed by atoms with Gasteiger partial charge >= 0.3 is 0 Å². The molecule has 0 aromatic carbocycles. The van der Waals surface area contributed by atoms with Crippen LogP contribution in [0.15, 0.2) is 24.5 Å². The van der Waals surface area contributed by atoms with Gasteiger partial charge in [-0.3, -0.25) is 9.78 Å². The largest absolute Gasteiger partial charge is 0.381 e. The van der Waals surface area contributed by atoms with Crippen molar-refractivity contribution in [3.05, 3.63) is 30.1 Å². The van der Waals surface area contributed by atoms with Gasteiger partial charge in [0.05, 0.1) is 13.0 Å². The molecule has 2 fully saturated rings. The van der Waals surface area contributed by atoms with Gasteiger partial charge in [-0.15, -0.1) is 0 Å². The summed E-state index contributed by atoms with van der Waals surface area (Å²) in [6.07, 6.45) is 6.92. The van der Waals surface area contributed by atoms with Crippen LogP contribution >= 0.6 is 0 Å². The Balaban J connectivity index is 1.57.